The normalized spacial score (nSPS) is 28.9. The van der Waals surface area contributed by atoms with Gasteiger partial charge < -0.3 is 4.57 Å². The molecule has 3 rings (SSSR count). The molecule has 1 aliphatic carbocycles. The summed E-state index contributed by atoms with van der Waals surface area (Å²) in [5.41, 5.74) is 1.33. The summed E-state index contributed by atoms with van der Waals surface area (Å²) in [6.07, 6.45) is 6.13. The Hall–Kier alpha value is -1.50. The van der Waals surface area contributed by atoms with Gasteiger partial charge in [-0.1, -0.05) is 44.2 Å². The number of nitrogens with zero attached hydrogens (tertiary/aromatic N) is 1. The van der Waals surface area contributed by atoms with Crippen LogP contribution < -0.4 is 10.6 Å². The van der Waals surface area contributed by atoms with E-state index in [2.05, 4.69) is 68.8 Å². The Morgan fingerprint density at radius 3 is 2.47 bits per heavy atom. The van der Waals surface area contributed by atoms with Gasteiger partial charge in [0.05, 0.1) is 0 Å². The van der Waals surface area contributed by atoms with E-state index in [-0.39, 0.29) is 0 Å². The maximum Gasteiger partial charge on any atom is 0.0488 e. The molecule has 0 saturated heterocycles. The highest BCUT2D eigenvalue weighted by molar-refractivity contribution is 5.82. The summed E-state index contributed by atoms with van der Waals surface area (Å²) in [6.45, 7) is 6.89. The number of aryl methyl sites for hydroxylation is 1. The molecule has 0 amide bonds. The van der Waals surface area contributed by atoms with Crippen LogP contribution >= 0.6 is 0 Å². The minimum atomic E-state index is 0.740. The second-order valence-corrected chi connectivity index (χ2v) is 6.10. The van der Waals surface area contributed by atoms with E-state index in [4.69, 9.17) is 0 Å². The van der Waals surface area contributed by atoms with E-state index >= 15 is 0 Å². The predicted octanol–water partition coefficient (Wildman–Crippen LogP) is 3.05. The van der Waals surface area contributed by atoms with Crippen LogP contribution in [0, 0.1) is 17.8 Å². The molecule has 0 spiro atoms. The van der Waals surface area contributed by atoms with Gasteiger partial charge in [0, 0.05) is 28.5 Å². The molecule has 0 aliphatic heterocycles. The Morgan fingerprint density at radius 2 is 1.84 bits per heavy atom. The van der Waals surface area contributed by atoms with Crippen LogP contribution in [-0.4, -0.2) is 4.57 Å². The zero-order chi connectivity index (χ0) is 13.6. The maximum atomic E-state index is 2.52. The number of benzene rings is 1. The van der Waals surface area contributed by atoms with Crippen LogP contribution in [0.5, 0.6) is 0 Å². The third kappa shape index (κ3) is 1.83. The van der Waals surface area contributed by atoms with Crippen LogP contribution in [0.2, 0.25) is 0 Å². The van der Waals surface area contributed by atoms with E-state index in [0.717, 1.165) is 17.8 Å². The summed E-state index contributed by atoms with van der Waals surface area (Å²) in [5.74, 6) is 2.40. The fourth-order valence-electron chi connectivity index (χ4n) is 3.75. The topological polar surface area (TPSA) is 4.93 Å². The fourth-order valence-corrected chi connectivity index (χ4v) is 3.75. The number of hydrogen-bond acceptors (Lipinski definition) is 0. The van der Waals surface area contributed by atoms with Crippen molar-refractivity contribution < 1.29 is 0 Å². The Bertz CT molecular complexity index is 712. The highest BCUT2D eigenvalue weighted by Crippen LogP contribution is 2.40. The lowest BCUT2D eigenvalue weighted by Gasteiger charge is -2.39. The summed E-state index contributed by atoms with van der Waals surface area (Å²) in [5, 5.41) is 4.18. The minimum absolute atomic E-state index is 0.740. The number of rotatable bonds is 1. The Labute approximate surface area is 115 Å². The van der Waals surface area contributed by atoms with Gasteiger partial charge in [0.1, 0.15) is 0 Å². The van der Waals surface area contributed by atoms with Crippen LogP contribution in [0.4, 0.5) is 0 Å². The second-order valence-electron chi connectivity index (χ2n) is 6.10. The van der Waals surface area contributed by atoms with Gasteiger partial charge in [-0.25, -0.2) is 0 Å². The number of fused-ring (bicyclic) bond motifs is 1. The van der Waals surface area contributed by atoms with Gasteiger partial charge in [-0.15, -0.1) is 0 Å². The molecule has 0 radical (unpaired) electrons. The lowest BCUT2D eigenvalue weighted by Crippen LogP contribution is -2.35. The van der Waals surface area contributed by atoms with Gasteiger partial charge in [0.2, 0.25) is 0 Å². The van der Waals surface area contributed by atoms with E-state index in [0.29, 0.717) is 0 Å². The van der Waals surface area contributed by atoms with Crippen molar-refractivity contribution in [3.8, 4) is 0 Å². The first-order valence-corrected chi connectivity index (χ1v) is 7.35. The molecule has 0 bridgehead atoms. The van der Waals surface area contributed by atoms with Gasteiger partial charge in [-0.05, 0) is 37.2 Å². The predicted molar refractivity (Wildman–Crippen MR) is 83.2 cm³/mol. The van der Waals surface area contributed by atoms with E-state index in [9.17, 15) is 0 Å². The number of hydrogen-bond donors (Lipinski definition) is 0. The first kappa shape index (κ1) is 12.5. The number of para-hydroxylation sites is 1. The first-order chi connectivity index (χ1) is 9.13. The molecule has 1 aliphatic rings. The summed E-state index contributed by atoms with van der Waals surface area (Å²) >= 11 is 0. The van der Waals surface area contributed by atoms with Crippen LogP contribution in [-0.2, 0) is 7.05 Å². The molecule has 0 N–H and O–H groups in total. The van der Waals surface area contributed by atoms with E-state index in [1.807, 2.05) is 0 Å². The van der Waals surface area contributed by atoms with Crippen molar-refractivity contribution in [1.29, 1.82) is 0 Å². The van der Waals surface area contributed by atoms with Crippen molar-refractivity contribution in [2.45, 2.75) is 27.2 Å². The van der Waals surface area contributed by atoms with Crippen LogP contribution in [0.25, 0.3) is 23.1 Å². The van der Waals surface area contributed by atoms with Gasteiger partial charge in [0.15, 0.2) is 0 Å². The Kier molecular flexibility index (Phi) is 3.00. The van der Waals surface area contributed by atoms with E-state index in [1.165, 1.54) is 27.9 Å². The van der Waals surface area contributed by atoms with Crippen LogP contribution in [0.3, 0.4) is 0 Å². The molecule has 2 aromatic rings. The Morgan fingerprint density at radius 1 is 1.16 bits per heavy atom. The quantitative estimate of drug-likeness (QED) is 0.736. The summed E-state index contributed by atoms with van der Waals surface area (Å²) in [7, 11) is 2.17. The van der Waals surface area contributed by atoms with Crippen molar-refractivity contribution >= 4 is 23.1 Å². The third-order valence-electron chi connectivity index (χ3n) is 4.88. The van der Waals surface area contributed by atoms with Gasteiger partial charge in [-0.2, -0.15) is 0 Å². The maximum absolute atomic E-state index is 2.52. The highest BCUT2D eigenvalue weighted by Gasteiger charge is 2.32. The molecule has 1 heteroatoms. The molecule has 2 atom stereocenters. The standard InChI is InChI=1S/C18H23N/c1-5-17-16(11-15-12(2)10-13(15)3)14-8-6-7-9-18(14)19(17)4/h5-9,11-13,15H,10H2,1-4H3/b16-11-,17-5+. The zero-order valence-corrected chi connectivity index (χ0v) is 12.4. The smallest absolute Gasteiger partial charge is 0.0488 e. The van der Waals surface area contributed by atoms with E-state index < -0.39 is 0 Å². The van der Waals surface area contributed by atoms with Crippen molar-refractivity contribution in [3.05, 3.63) is 34.8 Å². The summed E-state index contributed by atoms with van der Waals surface area (Å²) < 4.78 is 2.31. The average Bonchev–Trinajstić information content (AvgIpc) is 2.69. The third-order valence-corrected chi connectivity index (χ3v) is 4.88. The fraction of sp³-hybridized carbons (Fsp3) is 0.444. The summed E-state index contributed by atoms with van der Waals surface area (Å²) in [6, 6.07) is 8.74. The lowest BCUT2D eigenvalue weighted by molar-refractivity contribution is 0.163. The van der Waals surface area contributed by atoms with Gasteiger partial charge in [0.25, 0.3) is 0 Å². The second kappa shape index (κ2) is 4.56. The molecule has 1 aromatic carbocycles. The molecule has 1 heterocycles. The molecule has 1 aromatic heterocycles. The SMILES string of the molecule is C/C=c1\c(=C/C2C(C)CC2C)c2ccccc2n1C. The zero-order valence-electron chi connectivity index (χ0n) is 12.4. The van der Waals surface area contributed by atoms with Crippen molar-refractivity contribution in [2.75, 3.05) is 0 Å². The molecular formula is C18H23N. The van der Waals surface area contributed by atoms with Gasteiger partial charge >= 0.3 is 0 Å². The molecular weight excluding hydrogens is 230 g/mol. The molecule has 1 saturated carbocycles. The van der Waals surface area contributed by atoms with Crippen molar-refractivity contribution in [2.24, 2.45) is 24.8 Å². The molecule has 100 valence electrons. The number of aromatic nitrogens is 1. The van der Waals surface area contributed by atoms with Crippen molar-refractivity contribution in [3.63, 3.8) is 0 Å². The molecule has 1 nitrogen and oxygen atoms in total. The first-order valence-electron chi connectivity index (χ1n) is 7.35. The largest absolute Gasteiger partial charge is 0.344 e. The summed E-state index contributed by atoms with van der Waals surface area (Å²) in [4.78, 5) is 0. The minimum Gasteiger partial charge on any atom is -0.344 e. The highest BCUT2D eigenvalue weighted by atomic mass is 14.9. The van der Waals surface area contributed by atoms with Crippen molar-refractivity contribution in [1.82, 2.24) is 4.57 Å². The Balaban J connectivity index is 2.31. The monoisotopic (exact) mass is 253 g/mol. The average molecular weight is 253 g/mol. The van der Waals surface area contributed by atoms with Crippen LogP contribution in [0.15, 0.2) is 24.3 Å². The molecule has 19 heavy (non-hydrogen) atoms. The molecule has 1 fully saturated rings. The lowest BCUT2D eigenvalue weighted by atomic mass is 9.66. The van der Waals surface area contributed by atoms with Crippen LogP contribution in [0.1, 0.15) is 27.2 Å². The van der Waals surface area contributed by atoms with Gasteiger partial charge in [-0.3, -0.25) is 0 Å². The van der Waals surface area contributed by atoms with E-state index in [1.54, 1.807) is 0 Å². The molecule has 2 unspecified atom stereocenters.